The molecule has 8 nitrogen and oxygen atoms in total. The Kier molecular flexibility index (Phi) is 7.70. The number of carboxylic acid groups (broad SMARTS) is 1. The van der Waals surface area contributed by atoms with Gasteiger partial charge in [-0.05, 0) is 41.0 Å². The molecule has 4 rings (SSSR count). The number of ether oxygens (including phenoxy) is 2. The lowest BCUT2D eigenvalue weighted by Crippen LogP contribution is -2.44. The van der Waals surface area contributed by atoms with Crippen molar-refractivity contribution >= 4 is 18.0 Å². The summed E-state index contributed by atoms with van der Waals surface area (Å²) in [7, 11) is 0. The molecule has 0 spiro atoms. The molecule has 1 saturated heterocycles. The third-order valence-corrected chi connectivity index (χ3v) is 6.59. The van der Waals surface area contributed by atoms with E-state index in [1.54, 1.807) is 0 Å². The molecule has 1 aliphatic carbocycles. The Balaban J connectivity index is 1.24. The van der Waals surface area contributed by atoms with Gasteiger partial charge < -0.3 is 25.2 Å². The number of carboxylic acids is 1. The number of rotatable bonds is 9. The fourth-order valence-electron chi connectivity index (χ4n) is 4.86. The van der Waals surface area contributed by atoms with Crippen LogP contribution >= 0.6 is 0 Å². The van der Waals surface area contributed by atoms with E-state index in [4.69, 9.17) is 9.47 Å². The normalized spacial score (nSPS) is 19.6. The molecule has 0 aromatic heterocycles. The second-order valence-corrected chi connectivity index (χ2v) is 9.62. The van der Waals surface area contributed by atoms with Crippen LogP contribution in [0.1, 0.15) is 43.7 Å². The van der Waals surface area contributed by atoms with Crippen LogP contribution in [0.5, 0.6) is 0 Å². The zero-order valence-electron chi connectivity index (χ0n) is 20.0. The molecule has 3 N–H and O–H groups in total. The summed E-state index contributed by atoms with van der Waals surface area (Å²) in [4.78, 5) is 36.3. The predicted octanol–water partition coefficient (Wildman–Crippen LogP) is 3.55. The fourth-order valence-corrected chi connectivity index (χ4v) is 4.86. The van der Waals surface area contributed by atoms with Gasteiger partial charge in [0.15, 0.2) is 0 Å². The molecule has 2 amide bonds. The molecule has 2 aromatic carbocycles. The van der Waals surface area contributed by atoms with Crippen molar-refractivity contribution in [2.24, 2.45) is 11.8 Å². The minimum absolute atomic E-state index is 0.0167. The van der Waals surface area contributed by atoms with Gasteiger partial charge in [0.05, 0.1) is 18.6 Å². The second-order valence-electron chi connectivity index (χ2n) is 9.62. The van der Waals surface area contributed by atoms with E-state index in [-0.39, 0.29) is 43.6 Å². The molecule has 2 aliphatic rings. The van der Waals surface area contributed by atoms with Gasteiger partial charge in [-0.15, -0.1) is 0 Å². The average molecular weight is 481 g/mol. The number of nitrogens with one attached hydrogen (secondary N) is 2. The Bertz CT molecular complexity index is 1040. The van der Waals surface area contributed by atoms with Crippen LogP contribution in [0.4, 0.5) is 4.79 Å². The summed E-state index contributed by atoms with van der Waals surface area (Å²) in [6, 6.07) is 15.4. The summed E-state index contributed by atoms with van der Waals surface area (Å²) in [5.74, 6) is -1.69. The van der Waals surface area contributed by atoms with Crippen molar-refractivity contribution in [3.63, 3.8) is 0 Å². The first-order valence-electron chi connectivity index (χ1n) is 12.1. The van der Waals surface area contributed by atoms with Gasteiger partial charge in [0, 0.05) is 12.5 Å². The molecule has 8 heteroatoms. The van der Waals surface area contributed by atoms with Crippen molar-refractivity contribution in [2.75, 3.05) is 19.8 Å². The Morgan fingerprint density at radius 3 is 2.29 bits per heavy atom. The molecule has 0 radical (unpaired) electrons. The second kappa shape index (κ2) is 10.9. The molecule has 2 aromatic rings. The SMILES string of the molecule is CC(C)C[C@H](NC(=O)C1COC(CNC(=O)OCC2c3ccccc3-c3ccccc32)C1)C(=O)O. The molecule has 1 heterocycles. The maximum Gasteiger partial charge on any atom is 0.407 e. The molecule has 186 valence electrons. The number of benzene rings is 2. The van der Waals surface area contributed by atoms with E-state index in [1.807, 2.05) is 38.1 Å². The average Bonchev–Trinajstić information content (AvgIpc) is 3.44. The molecule has 2 unspecified atom stereocenters. The number of alkyl carbamates (subject to hydrolysis) is 1. The number of carbonyl (C=O) groups excluding carboxylic acids is 2. The van der Waals surface area contributed by atoms with Crippen LogP contribution in [0.3, 0.4) is 0 Å². The topological polar surface area (TPSA) is 114 Å². The maximum absolute atomic E-state index is 12.5. The van der Waals surface area contributed by atoms with Gasteiger partial charge in [0.2, 0.25) is 5.91 Å². The summed E-state index contributed by atoms with van der Waals surface area (Å²) < 4.78 is 11.2. The maximum atomic E-state index is 12.5. The van der Waals surface area contributed by atoms with Crippen molar-refractivity contribution in [3.05, 3.63) is 59.7 Å². The largest absolute Gasteiger partial charge is 0.480 e. The quantitative estimate of drug-likeness (QED) is 0.506. The summed E-state index contributed by atoms with van der Waals surface area (Å²) in [5.41, 5.74) is 4.62. The lowest BCUT2D eigenvalue weighted by atomic mass is 9.98. The third kappa shape index (κ3) is 5.82. The zero-order chi connectivity index (χ0) is 24.9. The first-order valence-corrected chi connectivity index (χ1v) is 12.1. The van der Waals surface area contributed by atoms with Gasteiger partial charge in [-0.2, -0.15) is 0 Å². The molecule has 3 atom stereocenters. The van der Waals surface area contributed by atoms with Crippen molar-refractivity contribution in [2.45, 2.75) is 44.8 Å². The Labute approximate surface area is 205 Å². The first kappa shape index (κ1) is 24.7. The molecule has 1 fully saturated rings. The summed E-state index contributed by atoms with van der Waals surface area (Å²) >= 11 is 0. The smallest absolute Gasteiger partial charge is 0.407 e. The van der Waals surface area contributed by atoms with Gasteiger partial charge >= 0.3 is 12.1 Å². The summed E-state index contributed by atoms with van der Waals surface area (Å²) in [6.07, 6.45) is -0.101. The summed E-state index contributed by atoms with van der Waals surface area (Å²) in [5, 5.41) is 14.7. The Morgan fingerprint density at radius 1 is 1.06 bits per heavy atom. The van der Waals surface area contributed by atoms with Crippen molar-refractivity contribution in [3.8, 4) is 11.1 Å². The number of carbonyl (C=O) groups is 3. The van der Waals surface area contributed by atoms with Crippen LogP contribution < -0.4 is 10.6 Å². The number of amides is 2. The number of hydrogen-bond acceptors (Lipinski definition) is 5. The van der Waals surface area contributed by atoms with E-state index in [0.29, 0.717) is 12.8 Å². The molecular weight excluding hydrogens is 448 g/mol. The van der Waals surface area contributed by atoms with E-state index in [0.717, 1.165) is 11.1 Å². The molecule has 1 aliphatic heterocycles. The van der Waals surface area contributed by atoms with Crippen LogP contribution in [-0.2, 0) is 19.1 Å². The number of fused-ring (bicyclic) bond motifs is 3. The lowest BCUT2D eigenvalue weighted by Gasteiger charge is -2.18. The predicted molar refractivity (Wildman–Crippen MR) is 130 cm³/mol. The van der Waals surface area contributed by atoms with Crippen LogP contribution in [-0.4, -0.2) is 55.0 Å². The van der Waals surface area contributed by atoms with Crippen LogP contribution in [0.15, 0.2) is 48.5 Å². The highest BCUT2D eigenvalue weighted by atomic mass is 16.5. The molecular formula is C27H32N2O6. The lowest BCUT2D eigenvalue weighted by molar-refractivity contribution is -0.143. The van der Waals surface area contributed by atoms with Crippen molar-refractivity contribution < 1.29 is 29.0 Å². The van der Waals surface area contributed by atoms with E-state index >= 15 is 0 Å². The van der Waals surface area contributed by atoms with Gasteiger partial charge in [-0.3, -0.25) is 4.79 Å². The van der Waals surface area contributed by atoms with Crippen molar-refractivity contribution in [1.82, 2.24) is 10.6 Å². The van der Waals surface area contributed by atoms with Crippen LogP contribution in [0, 0.1) is 11.8 Å². The number of aliphatic carboxylic acids is 1. The molecule has 35 heavy (non-hydrogen) atoms. The van der Waals surface area contributed by atoms with E-state index in [9.17, 15) is 19.5 Å². The van der Waals surface area contributed by atoms with Crippen LogP contribution in [0.2, 0.25) is 0 Å². The monoisotopic (exact) mass is 480 g/mol. The highest BCUT2D eigenvalue weighted by Gasteiger charge is 2.34. The van der Waals surface area contributed by atoms with Crippen LogP contribution in [0.25, 0.3) is 11.1 Å². The van der Waals surface area contributed by atoms with Gasteiger partial charge in [0.25, 0.3) is 0 Å². The Morgan fingerprint density at radius 2 is 1.69 bits per heavy atom. The van der Waals surface area contributed by atoms with Gasteiger partial charge in [-0.1, -0.05) is 62.4 Å². The molecule has 0 saturated carbocycles. The minimum Gasteiger partial charge on any atom is -0.480 e. The highest BCUT2D eigenvalue weighted by molar-refractivity contribution is 5.85. The fraction of sp³-hybridized carbons (Fsp3) is 0.444. The van der Waals surface area contributed by atoms with Crippen molar-refractivity contribution in [1.29, 1.82) is 0 Å². The van der Waals surface area contributed by atoms with E-state index in [2.05, 4.69) is 34.9 Å². The van der Waals surface area contributed by atoms with E-state index < -0.39 is 24.0 Å². The number of hydrogen-bond donors (Lipinski definition) is 3. The summed E-state index contributed by atoms with van der Waals surface area (Å²) in [6.45, 7) is 4.45. The zero-order valence-corrected chi connectivity index (χ0v) is 20.0. The van der Waals surface area contributed by atoms with E-state index in [1.165, 1.54) is 11.1 Å². The highest BCUT2D eigenvalue weighted by Crippen LogP contribution is 2.44. The molecule has 0 bridgehead atoms. The van der Waals surface area contributed by atoms with Gasteiger partial charge in [0.1, 0.15) is 12.6 Å². The standard InChI is InChI=1S/C27H32N2O6/c1-16(2)11-24(26(31)32)29-25(30)17-12-18(34-14-17)13-28-27(33)35-15-23-21-9-5-3-7-19(21)20-8-4-6-10-22(20)23/h3-10,16-18,23-24H,11-15H2,1-2H3,(H,28,33)(H,29,30)(H,31,32)/t17?,18?,24-/m0/s1. The minimum atomic E-state index is -1.04. The Hall–Kier alpha value is -3.39. The van der Waals surface area contributed by atoms with Gasteiger partial charge in [-0.25, -0.2) is 9.59 Å². The first-order chi connectivity index (χ1) is 16.8. The third-order valence-electron chi connectivity index (χ3n) is 6.59.